The highest BCUT2D eigenvalue weighted by atomic mass is 32.1. The molecule has 0 aliphatic carbocycles. The monoisotopic (exact) mass is 376 g/mol. The molecule has 0 saturated heterocycles. The maximum atomic E-state index is 12.8. The fourth-order valence-corrected chi connectivity index (χ4v) is 3.99. The van der Waals surface area contributed by atoms with Crippen LogP contribution in [0.1, 0.15) is 23.5 Å². The summed E-state index contributed by atoms with van der Waals surface area (Å²) in [5.74, 6) is 0.0503. The fraction of sp³-hybridized carbons (Fsp3) is 0.190. The molecule has 6 heteroatoms. The Morgan fingerprint density at radius 1 is 1.15 bits per heavy atom. The summed E-state index contributed by atoms with van der Waals surface area (Å²) in [7, 11) is 1.83. The average molecular weight is 376 g/mol. The van der Waals surface area contributed by atoms with Crippen LogP contribution in [0.5, 0.6) is 0 Å². The zero-order valence-corrected chi connectivity index (χ0v) is 16.1. The summed E-state index contributed by atoms with van der Waals surface area (Å²) in [5, 5.41) is 5.32. The van der Waals surface area contributed by atoms with E-state index < -0.39 is 0 Å². The van der Waals surface area contributed by atoms with Gasteiger partial charge in [-0.15, -0.1) is 11.3 Å². The van der Waals surface area contributed by atoms with Gasteiger partial charge in [0.2, 0.25) is 5.91 Å². The molecule has 0 saturated carbocycles. The first-order valence-corrected chi connectivity index (χ1v) is 9.63. The summed E-state index contributed by atoms with van der Waals surface area (Å²) in [5.41, 5.74) is 2.86. The Morgan fingerprint density at radius 3 is 2.67 bits per heavy atom. The van der Waals surface area contributed by atoms with Crippen molar-refractivity contribution >= 4 is 27.5 Å². The van der Waals surface area contributed by atoms with Gasteiger partial charge in [-0.2, -0.15) is 5.10 Å². The van der Waals surface area contributed by atoms with Gasteiger partial charge < -0.3 is 4.90 Å². The Bertz CT molecular complexity index is 1040. The van der Waals surface area contributed by atoms with Crippen LogP contribution >= 0.6 is 11.3 Å². The topological polar surface area (TPSA) is 51.0 Å². The second-order valence-electron chi connectivity index (χ2n) is 6.51. The second-order valence-corrected chi connectivity index (χ2v) is 7.57. The lowest BCUT2D eigenvalue weighted by Gasteiger charge is -2.23. The molecule has 136 valence electrons. The number of nitrogens with zero attached hydrogens (tertiary/aromatic N) is 4. The number of hydrogen-bond donors (Lipinski definition) is 0. The summed E-state index contributed by atoms with van der Waals surface area (Å²) >= 11 is 1.64. The number of hydrogen-bond acceptors (Lipinski definition) is 4. The van der Waals surface area contributed by atoms with E-state index in [0.29, 0.717) is 6.42 Å². The molecule has 1 amide bonds. The van der Waals surface area contributed by atoms with Crippen molar-refractivity contribution in [1.82, 2.24) is 19.7 Å². The number of likely N-dealkylation sites (N-methyl/N-ethyl adjacent to an activating group) is 1. The number of thiazole rings is 1. The number of carbonyl (C=O) groups is 1. The van der Waals surface area contributed by atoms with Gasteiger partial charge in [0.15, 0.2) is 0 Å². The predicted octanol–water partition coefficient (Wildman–Crippen LogP) is 4.24. The molecule has 5 nitrogen and oxygen atoms in total. The lowest BCUT2D eigenvalue weighted by Crippen LogP contribution is -2.30. The standard InChI is InChI=1S/C21H20N4OS/c1-15(21-23-18-10-6-7-11-19(18)27-21)24(2)20(26)12-16-13-22-25(14-16)17-8-4-3-5-9-17/h3-11,13-15H,12H2,1-2H3/t15-/m0/s1. The Labute approximate surface area is 161 Å². The van der Waals surface area contributed by atoms with E-state index in [2.05, 4.69) is 16.1 Å². The third-order valence-corrected chi connectivity index (χ3v) is 5.86. The molecule has 2 aromatic carbocycles. The lowest BCUT2D eigenvalue weighted by atomic mass is 10.2. The number of fused-ring (bicyclic) bond motifs is 1. The normalized spacial score (nSPS) is 12.2. The molecular formula is C21H20N4OS. The van der Waals surface area contributed by atoms with Crippen molar-refractivity contribution in [2.75, 3.05) is 7.05 Å². The minimum absolute atomic E-state index is 0.0503. The van der Waals surface area contributed by atoms with Gasteiger partial charge in [-0.05, 0) is 36.8 Å². The summed E-state index contributed by atoms with van der Waals surface area (Å²) in [4.78, 5) is 19.2. The molecule has 0 N–H and O–H groups in total. The molecule has 0 aliphatic rings. The van der Waals surface area contributed by atoms with E-state index in [1.165, 1.54) is 0 Å². The van der Waals surface area contributed by atoms with Crippen molar-refractivity contribution in [3.63, 3.8) is 0 Å². The van der Waals surface area contributed by atoms with Crippen molar-refractivity contribution < 1.29 is 4.79 Å². The Hall–Kier alpha value is -2.99. The number of carbonyl (C=O) groups excluding carboxylic acids is 1. The summed E-state index contributed by atoms with van der Waals surface area (Å²) in [6.07, 6.45) is 3.98. The van der Waals surface area contributed by atoms with Gasteiger partial charge in [0, 0.05) is 13.2 Å². The SMILES string of the molecule is C[C@@H](c1nc2ccccc2s1)N(C)C(=O)Cc1cnn(-c2ccccc2)c1. The number of para-hydroxylation sites is 2. The molecule has 0 spiro atoms. The first kappa shape index (κ1) is 17.4. The number of aromatic nitrogens is 3. The van der Waals surface area contributed by atoms with Crippen molar-refractivity contribution in [3.05, 3.63) is 77.6 Å². The van der Waals surface area contributed by atoms with Gasteiger partial charge in [-0.1, -0.05) is 30.3 Å². The van der Waals surface area contributed by atoms with E-state index in [1.54, 1.807) is 27.1 Å². The zero-order valence-electron chi connectivity index (χ0n) is 15.2. The van der Waals surface area contributed by atoms with Crippen LogP contribution in [0, 0.1) is 0 Å². The van der Waals surface area contributed by atoms with Gasteiger partial charge in [-0.25, -0.2) is 9.67 Å². The summed E-state index contributed by atoms with van der Waals surface area (Å²) < 4.78 is 2.93. The van der Waals surface area contributed by atoms with Crippen LogP contribution < -0.4 is 0 Å². The highest BCUT2D eigenvalue weighted by Crippen LogP contribution is 2.29. The van der Waals surface area contributed by atoms with Gasteiger partial charge in [0.1, 0.15) is 5.01 Å². The summed E-state index contributed by atoms with van der Waals surface area (Å²) in [6.45, 7) is 2.02. The average Bonchev–Trinajstić information content (AvgIpc) is 3.34. The van der Waals surface area contributed by atoms with Gasteiger partial charge >= 0.3 is 0 Å². The van der Waals surface area contributed by atoms with E-state index in [4.69, 9.17) is 0 Å². The minimum atomic E-state index is -0.0703. The van der Waals surface area contributed by atoms with Crippen LogP contribution in [0.15, 0.2) is 67.0 Å². The van der Waals surface area contributed by atoms with E-state index in [0.717, 1.165) is 26.5 Å². The van der Waals surface area contributed by atoms with Crippen molar-refractivity contribution in [2.45, 2.75) is 19.4 Å². The van der Waals surface area contributed by atoms with Crippen LogP contribution in [0.2, 0.25) is 0 Å². The van der Waals surface area contributed by atoms with E-state index >= 15 is 0 Å². The van der Waals surface area contributed by atoms with Crippen molar-refractivity contribution in [1.29, 1.82) is 0 Å². The first-order valence-electron chi connectivity index (χ1n) is 8.82. The smallest absolute Gasteiger partial charge is 0.227 e. The van der Waals surface area contributed by atoms with E-state index in [1.807, 2.05) is 68.7 Å². The molecule has 0 unspecified atom stereocenters. The predicted molar refractivity (Wildman–Crippen MR) is 108 cm³/mol. The summed E-state index contributed by atoms with van der Waals surface area (Å²) in [6, 6.07) is 17.9. The largest absolute Gasteiger partial charge is 0.336 e. The fourth-order valence-electron chi connectivity index (χ4n) is 2.92. The highest BCUT2D eigenvalue weighted by molar-refractivity contribution is 7.18. The van der Waals surface area contributed by atoms with Crippen LogP contribution in [-0.4, -0.2) is 32.6 Å². The molecule has 4 aromatic rings. The molecule has 0 fully saturated rings. The Morgan fingerprint density at radius 2 is 1.89 bits per heavy atom. The second kappa shape index (κ2) is 7.32. The lowest BCUT2D eigenvalue weighted by molar-refractivity contribution is -0.131. The number of amides is 1. The van der Waals surface area contributed by atoms with E-state index in [9.17, 15) is 4.79 Å². The molecule has 0 bridgehead atoms. The van der Waals surface area contributed by atoms with Crippen LogP contribution in [0.4, 0.5) is 0 Å². The van der Waals surface area contributed by atoms with Crippen LogP contribution in [0.3, 0.4) is 0 Å². The van der Waals surface area contributed by atoms with Crippen LogP contribution in [0.25, 0.3) is 15.9 Å². The maximum Gasteiger partial charge on any atom is 0.227 e. The molecule has 0 aliphatic heterocycles. The molecule has 0 radical (unpaired) electrons. The maximum absolute atomic E-state index is 12.8. The van der Waals surface area contributed by atoms with Gasteiger partial charge in [0.25, 0.3) is 0 Å². The number of benzene rings is 2. The van der Waals surface area contributed by atoms with Crippen molar-refractivity contribution in [2.24, 2.45) is 0 Å². The first-order chi connectivity index (χ1) is 13.1. The Kier molecular flexibility index (Phi) is 4.73. The molecule has 4 rings (SSSR count). The molecule has 2 heterocycles. The Balaban J connectivity index is 1.47. The third-order valence-electron chi connectivity index (χ3n) is 4.65. The molecular weight excluding hydrogens is 356 g/mol. The van der Waals surface area contributed by atoms with Gasteiger partial charge in [-0.3, -0.25) is 4.79 Å². The number of rotatable bonds is 5. The molecule has 27 heavy (non-hydrogen) atoms. The van der Waals surface area contributed by atoms with Crippen LogP contribution in [-0.2, 0) is 11.2 Å². The quantitative estimate of drug-likeness (QED) is 0.523. The van der Waals surface area contributed by atoms with Gasteiger partial charge in [0.05, 0.1) is 34.6 Å². The zero-order chi connectivity index (χ0) is 18.8. The van der Waals surface area contributed by atoms with Crippen molar-refractivity contribution in [3.8, 4) is 5.69 Å². The van der Waals surface area contributed by atoms with E-state index in [-0.39, 0.29) is 11.9 Å². The highest BCUT2D eigenvalue weighted by Gasteiger charge is 2.21. The minimum Gasteiger partial charge on any atom is -0.336 e. The molecule has 2 aromatic heterocycles. The molecule has 1 atom stereocenters. The third kappa shape index (κ3) is 3.61.